The highest BCUT2D eigenvalue weighted by atomic mass is 16.3. The minimum Gasteiger partial charge on any atom is -0.472 e. The predicted molar refractivity (Wildman–Crippen MR) is 64.9 cm³/mol. The van der Waals surface area contributed by atoms with E-state index < -0.39 is 0 Å². The molecule has 0 aromatic carbocycles. The molecule has 0 aliphatic rings. The first-order valence-corrected chi connectivity index (χ1v) is 4.81. The third kappa shape index (κ3) is 1.63. The number of nitrogens with one attached hydrogen (secondary N) is 1. The average Bonchev–Trinajstić information content (AvgIpc) is 2.81. The fraction of sp³-hybridized carbons (Fsp3) is 0. The molecule has 2 rings (SSSR count). The van der Waals surface area contributed by atoms with E-state index in [1.165, 1.54) is 6.08 Å². The van der Waals surface area contributed by atoms with Gasteiger partial charge in [-0.25, -0.2) is 0 Å². The summed E-state index contributed by atoms with van der Waals surface area (Å²) in [5, 5.41) is 0. The summed E-state index contributed by atoms with van der Waals surface area (Å²) in [5.41, 5.74) is 2.65. The molecule has 0 aliphatic heterocycles. The highest BCUT2D eigenvalue weighted by molar-refractivity contribution is 5.68. The summed E-state index contributed by atoms with van der Waals surface area (Å²) in [6.45, 7) is 7.29. The zero-order chi connectivity index (χ0) is 11.5. The van der Waals surface area contributed by atoms with E-state index in [-0.39, 0.29) is 5.56 Å². The Kier molecular flexibility index (Phi) is 2.60. The van der Waals surface area contributed by atoms with Gasteiger partial charge >= 0.3 is 0 Å². The molecule has 0 atom stereocenters. The Morgan fingerprint density at radius 2 is 2.12 bits per heavy atom. The van der Waals surface area contributed by atoms with Crippen molar-refractivity contribution in [2.45, 2.75) is 0 Å². The monoisotopic (exact) mass is 213 g/mol. The summed E-state index contributed by atoms with van der Waals surface area (Å²) >= 11 is 0. The Labute approximate surface area is 92.7 Å². The molecule has 0 saturated carbocycles. The maximum absolute atomic E-state index is 11.7. The van der Waals surface area contributed by atoms with E-state index in [2.05, 4.69) is 18.1 Å². The molecular formula is C13H11NO2. The van der Waals surface area contributed by atoms with Gasteiger partial charge in [-0.3, -0.25) is 4.79 Å². The Morgan fingerprint density at radius 1 is 1.31 bits per heavy atom. The van der Waals surface area contributed by atoms with E-state index in [9.17, 15) is 4.79 Å². The number of aromatic amines is 1. The first kappa shape index (κ1) is 10.2. The van der Waals surface area contributed by atoms with Gasteiger partial charge in [0.15, 0.2) is 0 Å². The molecule has 0 radical (unpaired) electrons. The van der Waals surface area contributed by atoms with Crippen LogP contribution in [0.3, 0.4) is 0 Å². The van der Waals surface area contributed by atoms with E-state index in [0.29, 0.717) is 11.3 Å². The Morgan fingerprint density at radius 3 is 2.69 bits per heavy atom. The van der Waals surface area contributed by atoms with Crippen LogP contribution >= 0.6 is 0 Å². The molecule has 0 aliphatic carbocycles. The molecule has 0 fully saturated rings. The molecule has 0 spiro atoms. The van der Waals surface area contributed by atoms with Gasteiger partial charge in [-0.05, 0) is 17.7 Å². The number of pyridine rings is 1. The third-order valence-electron chi connectivity index (χ3n) is 2.36. The fourth-order valence-electron chi connectivity index (χ4n) is 1.54. The summed E-state index contributed by atoms with van der Waals surface area (Å²) in [6, 6.07) is 3.63. The summed E-state index contributed by atoms with van der Waals surface area (Å²) < 4.78 is 4.97. The highest BCUT2D eigenvalue weighted by Crippen LogP contribution is 2.19. The lowest BCUT2D eigenvalue weighted by Crippen LogP contribution is -2.11. The van der Waals surface area contributed by atoms with Crippen molar-refractivity contribution < 1.29 is 4.42 Å². The van der Waals surface area contributed by atoms with Crippen LogP contribution in [-0.4, -0.2) is 4.98 Å². The Balaban J connectivity index is 2.68. The summed E-state index contributed by atoms with van der Waals surface area (Å²) in [7, 11) is 0. The van der Waals surface area contributed by atoms with Gasteiger partial charge < -0.3 is 9.40 Å². The zero-order valence-electron chi connectivity index (χ0n) is 8.69. The molecule has 2 aromatic rings. The van der Waals surface area contributed by atoms with Crippen molar-refractivity contribution in [2.75, 3.05) is 0 Å². The predicted octanol–water partition coefficient (Wildman–Crippen LogP) is 2.92. The van der Waals surface area contributed by atoms with E-state index >= 15 is 0 Å². The maximum atomic E-state index is 11.7. The number of hydrogen-bond donors (Lipinski definition) is 1. The van der Waals surface area contributed by atoms with Crippen LogP contribution < -0.4 is 5.56 Å². The summed E-state index contributed by atoms with van der Waals surface area (Å²) in [6.07, 6.45) is 6.29. The van der Waals surface area contributed by atoms with Crippen LogP contribution in [0.1, 0.15) is 11.1 Å². The molecule has 0 unspecified atom stereocenters. The second kappa shape index (κ2) is 4.06. The molecular weight excluding hydrogens is 202 g/mol. The quantitative estimate of drug-likeness (QED) is 0.852. The lowest BCUT2D eigenvalue weighted by atomic mass is 10.1. The van der Waals surface area contributed by atoms with Gasteiger partial charge in [0.1, 0.15) is 0 Å². The lowest BCUT2D eigenvalue weighted by molar-refractivity contribution is 0.568. The van der Waals surface area contributed by atoms with Crippen molar-refractivity contribution in [2.24, 2.45) is 0 Å². The first-order valence-electron chi connectivity index (χ1n) is 4.81. The smallest absolute Gasteiger partial charge is 0.256 e. The van der Waals surface area contributed by atoms with E-state index in [1.54, 1.807) is 24.7 Å². The second-order valence-corrected chi connectivity index (χ2v) is 3.30. The normalized spacial score (nSPS) is 10.0. The van der Waals surface area contributed by atoms with Crippen LogP contribution in [0, 0.1) is 0 Å². The Hall–Kier alpha value is -2.29. The molecule has 0 amide bonds. The Bertz CT molecular complexity index is 576. The maximum Gasteiger partial charge on any atom is 0.256 e. The van der Waals surface area contributed by atoms with Gasteiger partial charge in [0, 0.05) is 11.1 Å². The van der Waals surface area contributed by atoms with Crippen molar-refractivity contribution in [3.63, 3.8) is 0 Å². The summed E-state index contributed by atoms with van der Waals surface area (Å²) in [4.78, 5) is 14.5. The minimum atomic E-state index is -0.177. The number of H-pyrrole nitrogens is 1. The van der Waals surface area contributed by atoms with Crippen molar-refractivity contribution in [3.05, 3.63) is 59.3 Å². The van der Waals surface area contributed by atoms with Crippen molar-refractivity contribution in [1.29, 1.82) is 0 Å². The molecule has 2 heterocycles. The van der Waals surface area contributed by atoms with Crippen LogP contribution in [0.5, 0.6) is 0 Å². The van der Waals surface area contributed by atoms with Crippen LogP contribution in [0.4, 0.5) is 0 Å². The van der Waals surface area contributed by atoms with Crippen LogP contribution in [0.15, 0.2) is 47.0 Å². The van der Waals surface area contributed by atoms with E-state index in [4.69, 9.17) is 4.42 Å². The number of hydrogen-bond acceptors (Lipinski definition) is 2. The molecule has 3 nitrogen and oxygen atoms in total. The SMILES string of the molecule is C=Cc1cc(-c2ccoc2)[nH]c(=O)c1C=C. The van der Waals surface area contributed by atoms with Crippen LogP contribution in [-0.2, 0) is 0 Å². The van der Waals surface area contributed by atoms with Gasteiger partial charge in [-0.1, -0.05) is 25.3 Å². The number of furan rings is 1. The van der Waals surface area contributed by atoms with Gasteiger partial charge in [0.2, 0.25) is 0 Å². The van der Waals surface area contributed by atoms with Crippen molar-refractivity contribution >= 4 is 12.2 Å². The third-order valence-corrected chi connectivity index (χ3v) is 2.36. The minimum absolute atomic E-state index is 0.177. The van der Waals surface area contributed by atoms with Crippen molar-refractivity contribution in [3.8, 4) is 11.3 Å². The van der Waals surface area contributed by atoms with Gasteiger partial charge in [-0.2, -0.15) is 0 Å². The largest absolute Gasteiger partial charge is 0.472 e. The molecule has 80 valence electrons. The molecule has 1 N–H and O–H groups in total. The zero-order valence-corrected chi connectivity index (χ0v) is 8.69. The molecule has 0 saturated heterocycles. The second-order valence-electron chi connectivity index (χ2n) is 3.30. The lowest BCUT2D eigenvalue weighted by Gasteiger charge is -2.03. The van der Waals surface area contributed by atoms with Gasteiger partial charge in [0.05, 0.1) is 18.2 Å². The molecule has 2 aromatic heterocycles. The average molecular weight is 213 g/mol. The van der Waals surface area contributed by atoms with Crippen LogP contribution in [0.2, 0.25) is 0 Å². The topological polar surface area (TPSA) is 46.0 Å². The number of aromatic nitrogens is 1. The van der Waals surface area contributed by atoms with Crippen LogP contribution in [0.25, 0.3) is 23.4 Å². The van der Waals surface area contributed by atoms with Gasteiger partial charge in [-0.15, -0.1) is 0 Å². The number of rotatable bonds is 3. The first-order chi connectivity index (χ1) is 7.76. The fourth-order valence-corrected chi connectivity index (χ4v) is 1.54. The van der Waals surface area contributed by atoms with Crippen molar-refractivity contribution in [1.82, 2.24) is 4.98 Å². The molecule has 16 heavy (non-hydrogen) atoms. The van der Waals surface area contributed by atoms with Gasteiger partial charge in [0.25, 0.3) is 5.56 Å². The summed E-state index contributed by atoms with van der Waals surface area (Å²) in [5.74, 6) is 0. The molecule has 3 heteroatoms. The molecule has 0 bridgehead atoms. The van der Waals surface area contributed by atoms with E-state index in [1.807, 2.05) is 6.07 Å². The highest BCUT2D eigenvalue weighted by Gasteiger charge is 2.06. The van der Waals surface area contributed by atoms with E-state index in [0.717, 1.165) is 11.1 Å². The standard InChI is InChI=1S/C13H11NO2/c1-3-9-7-12(10-5-6-16-8-10)14-13(15)11(9)4-2/h3-8H,1-2H2,(H,14,15).